The Morgan fingerprint density at radius 2 is 2.25 bits per heavy atom. The van der Waals surface area contributed by atoms with Crippen LogP contribution in [-0.2, 0) is 0 Å². The number of rotatable bonds is 1. The van der Waals surface area contributed by atoms with Gasteiger partial charge in [-0.2, -0.15) is 5.26 Å². The van der Waals surface area contributed by atoms with Crippen LogP contribution >= 0.6 is 27.5 Å². The molecular weight excluding hydrogens is 241 g/mol. The van der Waals surface area contributed by atoms with Crippen molar-refractivity contribution in [2.24, 2.45) is 0 Å². The number of carbonyl (C=O) groups excluding carboxylic acids is 1. The van der Waals surface area contributed by atoms with E-state index in [1.165, 1.54) is 6.07 Å². The number of nitrogens with zero attached hydrogens (tertiary/aromatic N) is 1. The molecule has 0 aliphatic carbocycles. The van der Waals surface area contributed by atoms with Gasteiger partial charge < -0.3 is 0 Å². The molecule has 0 N–H and O–H groups in total. The van der Waals surface area contributed by atoms with Gasteiger partial charge in [0.1, 0.15) is 0 Å². The first-order valence-electron chi connectivity index (χ1n) is 3.04. The maximum Gasteiger partial charge on any atom is 0.253 e. The molecule has 1 aromatic carbocycles. The molecule has 12 heavy (non-hydrogen) atoms. The number of hydrogen-bond donors (Lipinski definition) is 0. The first kappa shape index (κ1) is 9.24. The molecule has 0 fully saturated rings. The second kappa shape index (κ2) is 3.70. The monoisotopic (exact) mass is 243 g/mol. The van der Waals surface area contributed by atoms with Crippen LogP contribution in [0.15, 0.2) is 22.7 Å². The Hall–Kier alpha value is -0.850. The van der Waals surface area contributed by atoms with Gasteiger partial charge in [-0.1, -0.05) is 0 Å². The van der Waals surface area contributed by atoms with E-state index < -0.39 is 5.24 Å². The summed E-state index contributed by atoms with van der Waals surface area (Å²) in [6.45, 7) is 0. The summed E-state index contributed by atoms with van der Waals surface area (Å²) in [6, 6.07) is 6.55. The summed E-state index contributed by atoms with van der Waals surface area (Å²) in [4.78, 5) is 10.7. The van der Waals surface area contributed by atoms with Crippen molar-refractivity contribution >= 4 is 32.8 Å². The fourth-order valence-electron chi connectivity index (χ4n) is 0.744. The lowest BCUT2D eigenvalue weighted by atomic mass is 10.2. The van der Waals surface area contributed by atoms with E-state index in [4.69, 9.17) is 16.9 Å². The SMILES string of the molecule is N#Cc1ccc(C(=O)Cl)c(Br)c1. The topological polar surface area (TPSA) is 40.9 Å². The van der Waals surface area contributed by atoms with Crippen molar-refractivity contribution in [1.29, 1.82) is 5.26 Å². The van der Waals surface area contributed by atoms with E-state index in [2.05, 4.69) is 15.9 Å². The van der Waals surface area contributed by atoms with Crippen LogP contribution in [0.2, 0.25) is 0 Å². The van der Waals surface area contributed by atoms with E-state index in [1.54, 1.807) is 12.1 Å². The van der Waals surface area contributed by atoms with Crippen LogP contribution in [0, 0.1) is 11.3 Å². The quantitative estimate of drug-likeness (QED) is 0.713. The Balaban J connectivity index is 3.23. The van der Waals surface area contributed by atoms with Crippen molar-refractivity contribution in [3.8, 4) is 6.07 Å². The largest absolute Gasteiger partial charge is 0.276 e. The van der Waals surface area contributed by atoms with Crippen LogP contribution in [0.3, 0.4) is 0 Å². The Kier molecular flexibility index (Phi) is 2.85. The fraction of sp³-hybridized carbons (Fsp3) is 0. The number of carbonyl (C=O) groups is 1. The van der Waals surface area contributed by atoms with E-state index in [0.29, 0.717) is 15.6 Å². The van der Waals surface area contributed by atoms with Gasteiger partial charge in [0.15, 0.2) is 0 Å². The van der Waals surface area contributed by atoms with E-state index >= 15 is 0 Å². The normalized spacial score (nSPS) is 9.08. The molecule has 0 amide bonds. The third-order valence-electron chi connectivity index (χ3n) is 1.31. The molecule has 2 nitrogen and oxygen atoms in total. The van der Waals surface area contributed by atoms with E-state index in [1.807, 2.05) is 6.07 Å². The first-order valence-corrected chi connectivity index (χ1v) is 4.21. The summed E-state index contributed by atoms with van der Waals surface area (Å²) in [5.74, 6) is 0. The van der Waals surface area contributed by atoms with Crippen molar-refractivity contribution in [3.05, 3.63) is 33.8 Å². The highest BCUT2D eigenvalue weighted by Crippen LogP contribution is 2.19. The minimum atomic E-state index is -0.536. The third-order valence-corrected chi connectivity index (χ3v) is 2.17. The summed E-state index contributed by atoms with van der Waals surface area (Å²) in [6.07, 6.45) is 0. The molecule has 0 aliphatic heterocycles. The van der Waals surface area contributed by atoms with Crippen molar-refractivity contribution in [1.82, 2.24) is 0 Å². The molecule has 0 aromatic heterocycles. The van der Waals surface area contributed by atoms with Gasteiger partial charge >= 0.3 is 0 Å². The highest BCUT2D eigenvalue weighted by atomic mass is 79.9. The van der Waals surface area contributed by atoms with Crippen LogP contribution in [-0.4, -0.2) is 5.24 Å². The highest BCUT2D eigenvalue weighted by molar-refractivity contribution is 9.10. The zero-order valence-electron chi connectivity index (χ0n) is 5.84. The van der Waals surface area contributed by atoms with Gasteiger partial charge in [-0.25, -0.2) is 0 Å². The van der Waals surface area contributed by atoms with Crippen molar-refractivity contribution in [2.45, 2.75) is 0 Å². The van der Waals surface area contributed by atoms with Gasteiger partial charge in [0.05, 0.1) is 11.6 Å². The second-order valence-corrected chi connectivity index (χ2v) is 3.28. The smallest absolute Gasteiger partial charge is 0.253 e. The molecule has 0 spiro atoms. The van der Waals surface area contributed by atoms with E-state index in [0.717, 1.165) is 0 Å². The Morgan fingerprint density at radius 3 is 2.67 bits per heavy atom. The summed E-state index contributed by atoms with van der Waals surface area (Å²) in [5, 5.41) is 7.97. The van der Waals surface area contributed by atoms with Gasteiger partial charge in [0.25, 0.3) is 5.24 Å². The zero-order valence-corrected chi connectivity index (χ0v) is 8.19. The van der Waals surface area contributed by atoms with Gasteiger partial charge in [-0.15, -0.1) is 0 Å². The summed E-state index contributed by atoms with van der Waals surface area (Å²) >= 11 is 8.38. The maximum atomic E-state index is 10.7. The third kappa shape index (κ3) is 1.84. The van der Waals surface area contributed by atoms with Crippen LogP contribution < -0.4 is 0 Å². The highest BCUT2D eigenvalue weighted by Gasteiger charge is 2.06. The molecule has 0 aliphatic rings. The Labute approximate surface area is 82.9 Å². The predicted octanol–water partition coefficient (Wildman–Crippen LogP) is 2.70. The van der Waals surface area contributed by atoms with Crippen LogP contribution in [0.4, 0.5) is 0 Å². The minimum Gasteiger partial charge on any atom is -0.276 e. The summed E-state index contributed by atoms with van der Waals surface area (Å²) < 4.78 is 0.543. The molecule has 0 unspecified atom stereocenters. The van der Waals surface area contributed by atoms with E-state index in [9.17, 15) is 4.79 Å². The predicted molar refractivity (Wildman–Crippen MR) is 49.0 cm³/mol. The minimum absolute atomic E-state index is 0.371. The van der Waals surface area contributed by atoms with Gasteiger partial charge in [0, 0.05) is 10.0 Å². The fourth-order valence-corrected chi connectivity index (χ4v) is 1.58. The number of hydrogen-bond acceptors (Lipinski definition) is 2. The Bertz CT molecular complexity index is 370. The molecular formula is C8H3BrClNO. The lowest BCUT2D eigenvalue weighted by molar-refractivity contribution is 0.108. The number of benzene rings is 1. The standard InChI is InChI=1S/C8H3BrClNO/c9-7-3-5(4-11)1-2-6(7)8(10)12/h1-3H. The first-order chi connectivity index (χ1) is 5.65. The average Bonchev–Trinajstić information content (AvgIpc) is 2.03. The molecule has 60 valence electrons. The molecule has 0 saturated carbocycles. The molecule has 0 bridgehead atoms. The van der Waals surface area contributed by atoms with E-state index in [-0.39, 0.29) is 0 Å². The summed E-state index contributed by atoms with van der Waals surface area (Å²) in [7, 11) is 0. The number of halogens is 2. The van der Waals surface area contributed by atoms with Crippen molar-refractivity contribution in [2.75, 3.05) is 0 Å². The molecule has 1 rings (SSSR count). The van der Waals surface area contributed by atoms with Crippen LogP contribution in [0.5, 0.6) is 0 Å². The molecule has 0 radical (unpaired) electrons. The van der Waals surface area contributed by atoms with Crippen molar-refractivity contribution in [3.63, 3.8) is 0 Å². The summed E-state index contributed by atoms with van der Waals surface area (Å²) in [5.41, 5.74) is 0.860. The number of nitriles is 1. The lowest BCUT2D eigenvalue weighted by Gasteiger charge is -1.97. The maximum absolute atomic E-state index is 10.7. The van der Waals surface area contributed by atoms with Crippen molar-refractivity contribution < 1.29 is 4.79 Å². The average molecular weight is 244 g/mol. The molecule has 4 heteroatoms. The van der Waals surface area contributed by atoms with Crippen LogP contribution in [0.1, 0.15) is 15.9 Å². The lowest BCUT2D eigenvalue weighted by Crippen LogP contribution is -1.90. The molecule has 1 aromatic rings. The van der Waals surface area contributed by atoms with Crippen LogP contribution in [0.25, 0.3) is 0 Å². The molecule has 0 atom stereocenters. The van der Waals surface area contributed by atoms with Gasteiger partial charge in [-0.3, -0.25) is 4.79 Å². The zero-order chi connectivity index (χ0) is 9.14. The Morgan fingerprint density at radius 1 is 1.58 bits per heavy atom. The molecule has 0 saturated heterocycles. The van der Waals surface area contributed by atoms with Gasteiger partial charge in [-0.05, 0) is 45.7 Å². The second-order valence-electron chi connectivity index (χ2n) is 2.08. The van der Waals surface area contributed by atoms with Gasteiger partial charge in [0.2, 0.25) is 0 Å². The molecule has 0 heterocycles.